The molecule has 2 aromatic carbocycles. The molecule has 2 unspecified atom stereocenters. The van der Waals surface area contributed by atoms with Gasteiger partial charge in [-0.1, -0.05) is 18.2 Å². The first-order valence-electron chi connectivity index (χ1n) is 12.3. The van der Waals surface area contributed by atoms with E-state index in [1.165, 1.54) is 6.07 Å². The van der Waals surface area contributed by atoms with Gasteiger partial charge in [-0.05, 0) is 73.8 Å². The number of amides is 1. The third-order valence-corrected chi connectivity index (χ3v) is 7.07. The number of rotatable bonds is 8. The smallest absolute Gasteiger partial charge is 0.422 e. The predicted molar refractivity (Wildman–Crippen MR) is 128 cm³/mol. The summed E-state index contributed by atoms with van der Waals surface area (Å²) in [6.07, 6.45) is -0.691. The van der Waals surface area contributed by atoms with Gasteiger partial charge in [-0.25, -0.2) is 4.79 Å². The zero-order chi connectivity index (χ0) is 25.4. The Kier molecular flexibility index (Phi) is 6.45. The van der Waals surface area contributed by atoms with Gasteiger partial charge >= 0.3 is 12.3 Å². The number of nitrogens with zero attached hydrogens (tertiary/aromatic N) is 2. The van der Waals surface area contributed by atoms with Gasteiger partial charge in [0.1, 0.15) is 11.9 Å². The van der Waals surface area contributed by atoms with E-state index in [1.54, 1.807) is 24.3 Å². The summed E-state index contributed by atoms with van der Waals surface area (Å²) in [4.78, 5) is 14.3. The average molecular weight is 500 g/mol. The van der Waals surface area contributed by atoms with E-state index in [-0.39, 0.29) is 17.9 Å². The van der Waals surface area contributed by atoms with E-state index < -0.39 is 24.8 Å². The minimum atomic E-state index is -4.43. The fraction of sp³-hybridized carbons (Fsp3) is 0.481. The summed E-state index contributed by atoms with van der Waals surface area (Å²) >= 11 is 0. The number of nitrogens with one attached hydrogen (secondary N) is 1. The lowest BCUT2D eigenvalue weighted by Gasteiger charge is -2.29. The second kappa shape index (κ2) is 9.57. The molecule has 0 radical (unpaired) electrons. The Balaban J connectivity index is 1.35. The summed E-state index contributed by atoms with van der Waals surface area (Å²) in [6.45, 7) is 1.24. The second-order valence-electron chi connectivity index (χ2n) is 9.97. The molecule has 0 bridgehead atoms. The number of ether oxygens (including phenoxy) is 2. The van der Waals surface area contributed by atoms with E-state index in [2.05, 4.69) is 16.3 Å². The van der Waals surface area contributed by atoms with Gasteiger partial charge in [-0.3, -0.25) is 5.32 Å². The Bertz CT molecular complexity index is 1150. The Hall–Kier alpha value is -3.41. The molecule has 2 aromatic rings. The number of hydrogen-bond donors (Lipinski definition) is 1. The van der Waals surface area contributed by atoms with E-state index in [1.807, 2.05) is 19.1 Å². The first-order chi connectivity index (χ1) is 17.2. The van der Waals surface area contributed by atoms with Crippen LogP contribution in [0.1, 0.15) is 55.7 Å². The van der Waals surface area contributed by atoms with Crippen LogP contribution in [0.5, 0.6) is 5.75 Å². The Morgan fingerprint density at radius 1 is 1.17 bits per heavy atom. The van der Waals surface area contributed by atoms with Crippen molar-refractivity contribution in [2.45, 2.75) is 56.8 Å². The maximum absolute atomic E-state index is 12.7. The highest BCUT2D eigenvalue weighted by Crippen LogP contribution is 2.51. The third-order valence-electron chi connectivity index (χ3n) is 7.07. The molecule has 0 saturated heterocycles. The normalized spacial score (nSPS) is 21.9. The third kappa shape index (κ3) is 5.53. The van der Waals surface area contributed by atoms with Gasteiger partial charge < -0.3 is 14.4 Å². The van der Waals surface area contributed by atoms with Gasteiger partial charge in [0.2, 0.25) is 0 Å². The lowest BCUT2D eigenvalue weighted by Crippen LogP contribution is -2.29. The van der Waals surface area contributed by atoms with Crippen molar-refractivity contribution in [3.63, 3.8) is 0 Å². The molecule has 190 valence electrons. The van der Waals surface area contributed by atoms with Crippen molar-refractivity contribution < 1.29 is 27.4 Å². The van der Waals surface area contributed by atoms with Crippen LogP contribution in [0.3, 0.4) is 0 Å². The zero-order valence-electron chi connectivity index (χ0n) is 19.9. The average Bonchev–Trinajstić information content (AvgIpc) is 3.75. The van der Waals surface area contributed by atoms with Gasteiger partial charge in [-0.2, -0.15) is 18.4 Å². The summed E-state index contributed by atoms with van der Waals surface area (Å²) in [5.74, 6) is 0.574. The van der Waals surface area contributed by atoms with Crippen molar-refractivity contribution in [3.05, 3.63) is 53.6 Å². The monoisotopic (exact) mass is 499 g/mol. The molecule has 6 nitrogen and oxygen atoms in total. The molecule has 5 rings (SSSR count). The number of halogens is 3. The van der Waals surface area contributed by atoms with Crippen molar-refractivity contribution in [1.29, 1.82) is 5.26 Å². The van der Waals surface area contributed by atoms with Crippen LogP contribution in [0.4, 0.5) is 29.3 Å². The number of carbonyl (C=O) groups excluding carboxylic acids is 1. The molecule has 2 saturated carbocycles. The molecule has 0 spiro atoms. The largest absolute Gasteiger partial charge is 0.484 e. The van der Waals surface area contributed by atoms with Crippen LogP contribution in [-0.2, 0) is 4.74 Å². The molecule has 2 aliphatic carbocycles. The molecule has 9 heteroatoms. The van der Waals surface area contributed by atoms with Crippen molar-refractivity contribution >= 4 is 17.5 Å². The van der Waals surface area contributed by atoms with Gasteiger partial charge in [0.15, 0.2) is 6.61 Å². The van der Waals surface area contributed by atoms with Gasteiger partial charge in [0.05, 0.1) is 18.0 Å². The maximum Gasteiger partial charge on any atom is 0.422 e. The van der Waals surface area contributed by atoms with E-state index in [4.69, 9.17) is 9.47 Å². The summed E-state index contributed by atoms with van der Waals surface area (Å²) in [6, 6.07) is 14.2. The molecule has 1 N–H and O–H groups in total. The minimum Gasteiger partial charge on any atom is -0.484 e. The summed E-state index contributed by atoms with van der Waals surface area (Å²) < 4.78 is 48.4. The highest BCUT2D eigenvalue weighted by molar-refractivity contribution is 5.84. The number of hydrogen-bond acceptors (Lipinski definition) is 5. The highest BCUT2D eigenvalue weighted by atomic mass is 19.4. The van der Waals surface area contributed by atoms with Crippen LogP contribution in [-0.4, -0.2) is 31.5 Å². The number of alkyl halides is 3. The molecule has 3 atom stereocenters. The molecule has 1 amide bonds. The number of anilines is 2. The van der Waals surface area contributed by atoms with Crippen LogP contribution >= 0.6 is 0 Å². The van der Waals surface area contributed by atoms with Crippen molar-refractivity contribution in [3.8, 4) is 11.8 Å². The molecule has 1 heterocycles. The van der Waals surface area contributed by atoms with E-state index in [9.17, 15) is 23.2 Å². The van der Waals surface area contributed by atoms with E-state index in [0.29, 0.717) is 24.1 Å². The molecule has 3 aliphatic rings. The van der Waals surface area contributed by atoms with Gasteiger partial charge in [0.25, 0.3) is 0 Å². The topological polar surface area (TPSA) is 74.6 Å². The Morgan fingerprint density at radius 2 is 1.89 bits per heavy atom. The first kappa shape index (κ1) is 24.3. The lowest BCUT2D eigenvalue weighted by molar-refractivity contribution is -0.153. The first-order valence-corrected chi connectivity index (χ1v) is 12.3. The number of nitriles is 1. The van der Waals surface area contributed by atoms with Crippen LogP contribution in [0.2, 0.25) is 0 Å². The predicted octanol–water partition coefficient (Wildman–Crippen LogP) is 6.55. The zero-order valence-corrected chi connectivity index (χ0v) is 19.9. The Labute approximate surface area is 208 Å². The van der Waals surface area contributed by atoms with Gasteiger partial charge in [0, 0.05) is 24.0 Å². The van der Waals surface area contributed by atoms with Crippen LogP contribution in [0.25, 0.3) is 0 Å². The van der Waals surface area contributed by atoms with Crippen LogP contribution in [0, 0.1) is 23.2 Å². The summed E-state index contributed by atoms with van der Waals surface area (Å²) in [5, 5.41) is 12.8. The molecular weight excluding hydrogens is 471 g/mol. The van der Waals surface area contributed by atoms with E-state index in [0.717, 1.165) is 42.5 Å². The van der Waals surface area contributed by atoms with E-state index >= 15 is 0 Å². The minimum absolute atomic E-state index is 0.112. The summed E-state index contributed by atoms with van der Waals surface area (Å²) in [7, 11) is 0. The SMILES string of the molecule is C[C@@H](OC(=O)Nc1ccc(C2C(C#N)c3ccc(OCC(F)(F)F)cc3N2CC2CC2)cc1)C1CC1. The quantitative estimate of drug-likeness (QED) is 0.446. The second-order valence-corrected chi connectivity index (χ2v) is 9.97. The van der Waals surface area contributed by atoms with Crippen LogP contribution < -0.4 is 15.0 Å². The van der Waals surface area contributed by atoms with Crippen LogP contribution in [0.15, 0.2) is 42.5 Å². The van der Waals surface area contributed by atoms with Crippen molar-refractivity contribution in [2.24, 2.45) is 11.8 Å². The molecule has 0 aromatic heterocycles. The fourth-order valence-electron chi connectivity index (χ4n) is 4.83. The van der Waals surface area contributed by atoms with Gasteiger partial charge in [-0.15, -0.1) is 0 Å². The van der Waals surface area contributed by atoms with Crippen molar-refractivity contribution in [2.75, 3.05) is 23.4 Å². The standard InChI is InChI=1S/C27H28F3N3O3/c1-16(18-4-5-18)36-26(34)32-20-8-6-19(7-9-20)25-23(13-31)22-11-10-21(35-15-27(28,29)30)12-24(22)33(25)14-17-2-3-17/h6-12,16-18,23,25H,2-5,14-15H2,1H3,(H,32,34)/t16-,23?,25?/m1/s1. The molecule has 1 aliphatic heterocycles. The molecule has 2 fully saturated rings. The lowest BCUT2D eigenvalue weighted by atomic mass is 9.91. The molecule has 36 heavy (non-hydrogen) atoms. The van der Waals surface area contributed by atoms with Crippen molar-refractivity contribution in [1.82, 2.24) is 0 Å². The number of benzene rings is 2. The fourth-order valence-corrected chi connectivity index (χ4v) is 4.83. The highest BCUT2D eigenvalue weighted by Gasteiger charge is 2.42. The number of fused-ring (bicyclic) bond motifs is 1. The summed E-state index contributed by atoms with van der Waals surface area (Å²) in [5.41, 5.74) is 2.99. The molecular formula is C27H28F3N3O3. The Morgan fingerprint density at radius 3 is 2.50 bits per heavy atom. The number of carbonyl (C=O) groups is 1. The maximum atomic E-state index is 12.7.